The molecule has 22 heavy (non-hydrogen) atoms. The first-order chi connectivity index (χ1) is 10.3. The molecule has 0 radical (unpaired) electrons. The second kappa shape index (κ2) is 4.87. The Balaban J connectivity index is 2.31. The lowest BCUT2D eigenvalue weighted by Crippen LogP contribution is -2.12. The van der Waals surface area contributed by atoms with Gasteiger partial charge >= 0.3 is 0 Å². The van der Waals surface area contributed by atoms with Gasteiger partial charge < -0.3 is 0 Å². The number of rotatable bonds is 1. The van der Waals surface area contributed by atoms with Crippen LogP contribution in [0.4, 0.5) is 8.78 Å². The van der Waals surface area contributed by atoms with Crippen LogP contribution in [0.5, 0.6) is 0 Å². The molecule has 5 heteroatoms. The molecule has 3 aromatic rings. The van der Waals surface area contributed by atoms with E-state index in [1.165, 1.54) is 12.1 Å². The summed E-state index contributed by atoms with van der Waals surface area (Å²) in [7, 11) is 0. The first-order valence-corrected chi connectivity index (χ1v) is 7.09. The summed E-state index contributed by atoms with van der Waals surface area (Å²) < 4.78 is 28.9. The van der Waals surface area contributed by atoms with Gasteiger partial charge in [-0.25, -0.2) is 18.3 Å². The topological polar surface area (TPSA) is 30.2 Å². The minimum Gasteiger partial charge on any atom is -0.234 e. The predicted molar refractivity (Wildman–Crippen MR) is 81.8 cm³/mol. The Labute approximate surface area is 127 Å². The molecule has 3 rings (SSSR count). The van der Waals surface area contributed by atoms with E-state index < -0.39 is 11.6 Å². The first-order valence-electron chi connectivity index (χ1n) is 7.09. The molecule has 114 valence electrons. The number of fused-ring (bicyclic) bond motifs is 1. The summed E-state index contributed by atoms with van der Waals surface area (Å²) in [6.07, 6.45) is 0. The second-order valence-corrected chi connectivity index (χ2v) is 6.46. The lowest BCUT2D eigenvalue weighted by atomic mass is 9.93. The van der Waals surface area contributed by atoms with Crippen molar-refractivity contribution >= 4 is 5.65 Å². The predicted octanol–water partition coefficient (Wildman–Crippen LogP) is 4.28. The highest BCUT2D eigenvalue weighted by Gasteiger charge is 2.20. The van der Waals surface area contributed by atoms with Crippen LogP contribution in [0.1, 0.15) is 32.2 Å². The third kappa shape index (κ3) is 2.47. The van der Waals surface area contributed by atoms with E-state index in [9.17, 15) is 8.78 Å². The van der Waals surface area contributed by atoms with Gasteiger partial charge in [0.15, 0.2) is 5.65 Å². The summed E-state index contributed by atoms with van der Waals surface area (Å²) in [5, 5.41) is 4.56. The highest BCUT2D eigenvalue weighted by Crippen LogP contribution is 2.27. The van der Waals surface area contributed by atoms with E-state index in [1.54, 1.807) is 10.6 Å². The fourth-order valence-corrected chi connectivity index (χ4v) is 2.36. The van der Waals surface area contributed by atoms with Crippen molar-refractivity contribution in [3.63, 3.8) is 0 Å². The molecule has 0 aliphatic heterocycles. The van der Waals surface area contributed by atoms with Crippen LogP contribution in [0.3, 0.4) is 0 Å². The molecule has 0 N–H and O–H groups in total. The zero-order valence-electron chi connectivity index (χ0n) is 13.0. The standard InChI is InChI=1S/C17H17F2N3/c1-10-7-14(12-6-5-11(18)8-13(12)19)22-16(20-10)9-15(21-22)17(2,3)4/h5-9H,1-4H3. The van der Waals surface area contributed by atoms with Gasteiger partial charge in [0.05, 0.1) is 11.4 Å². The Kier molecular flexibility index (Phi) is 3.24. The molecule has 2 aromatic heterocycles. The minimum absolute atomic E-state index is 0.139. The molecule has 0 amide bonds. The van der Waals surface area contributed by atoms with Gasteiger partial charge in [-0.05, 0) is 25.1 Å². The van der Waals surface area contributed by atoms with Gasteiger partial charge in [0.25, 0.3) is 0 Å². The molecule has 0 saturated carbocycles. The lowest BCUT2D eigenvalue weighted by Gasteiger charge is -2.13. The summed E-state index contributed by atoms with van der Waals surface area (Å²) in [5.41, 5.74) is 3.01. The minimum atomic E-state index is -0.611. The molecule has 0 bridgehead atoms. The first kappa shape index (κ1) is 14.6. The van der Waals surface area contributed by atoms with E-state index in [4.69, 9.17) is 0 Å². The number of aromatic nitrogens is 3. The van der Waals surface area contributed by atoms with E-state index in [2.05, 4.69) is 30.9 Å². The number of halogens is 2. The van der Waals surface area contributed by atoms with Crippen molar-refractivity contribution in [2.24, 2.45) is 0 Å². The molecular formula is C17H17F2N3. The van der Waals surface area contributed by atoms with Gasteiger partial charge in [0.1, 0.15) is 11.6 Å². The van der Waals surface area contributed by atoms with Gasteiger partial charge in [-0.1, -0.05) is 20.8 Å². The van der Waals surface area contributed by atoms with Crippen molar-refractivity contribution in [2.45, 2.75) is 33.1 Å². The van der Waals surface area contributed by atoms with E-state index in [-0.39, 0.29) is 5.41 Å². The van der Waals surface area contributed by atoms with Gasteiger partial charge in [-0.15, -0.1) is 0 Å². The average molecular weight is 301 g/mol. The average Bonchev–Trinajstić information content (AvgIpc) is 2.81. The molecule has 0 unspecified atom stereocenters. The molecule has 0 aliphatic rings. The molecular weight excluding hydrogens is 284 g/mol. The quantitative estimate of drug-likeness (QED) is 0.671. The van der Waals surface area contributed by atoms with Crippen molar-refractivity contribution < 1.29 is 8.78 Å². The van der Waals surface area contributed by atoms with Gasteiger partial charge in [-0.3, -0.25) is 0 Å². The highest BCUT2D eigenvalue weighted by atomic mass is 19.1. The molecule has 0 spiro atoms. The number of aryl methyl sites for hydroxylation is 1. The Morgan fingerprint density at radius 1 is 1.05 bits per heavy atom. The lowest BCUT2D eigenvalue weighted by molar-refractivity contribution is 0.562. The Hall–Kier alpha value is -2.30. The fraction of sp³-hybridized carbons (Fsp3) is 0.294. The Morgan fingerprint density at radius 3 is 2.41 bits per heavy atom. The van der Waals surface area contributed by atoms with Crippen molar-refractivity contribution in [2.75, 3.05) is 0 Å². The summed E-state index contributed by atoms with van der Waals surface area (Å²) in [6, 6.07) is 7.21. The van der Waals surface area contributed by atoms with Gasteiger partial charge in [0.2, 0.25) is 0 Å². The number of benzene rings is 1. The summed E-state index contributed by atoms with van der Waals surface area (Å²) in [6.45, 7) is 8.01. The third-order valence-corrected chi connectivity index (χ3v) is 3.53. The van der Waals surface area contributed by atoms with Crippen LogP contribution < -0.4 is 0 Å². The van der Waals surface area contributed by atoms with Crippen molar-refractivity contribution in [1.82, 2.24) is 14.6 Å². The summed E-state index contributed by atoms with van der Waals surface area (Å²) >= 11 is 0. The molecule has 3 nitrogen and oxygen atoms in total. The number of hydrogen-bond acceptors (Lipinski definition) is 2. The smallest absolute Gasteiger partial charge is 0.156 e. The molecule has 0 atom stereocenters. The molecule has 0 aliphatic carbocycles. The van der Waals surface area contributed by atoms with Crippen LogP contribution in [0.25, 0.3) is 16.9 Å². The molecule has 2 heterocycles. The van der Waals surface area contributed by atoms with Crippen LogP contribution in [0.15, 0.2) is 30.3 Å². The van der Waals surface area contributed by atoms with E-state index >= 15 is 0 Å². The normalized spacial score (nSPS) is 12.1. The summed E-state index contributed by atoms with van der Waals surface area (Å²) in [5.74, 6) is -1.21. The highest BCUT2D eigenvalue weighted by molar-refractivity contribution is 5.64. The van der Waals surface area contributed by atoms with E-state index in [0.717, 1.165) is 17.5 Å². The maximum Gasteiger partial charge on any atom is 0.156 e. The largest absolute Gasteiger partial charge is 0.234 e. The zero-order valence-corrected chi connectivity index (χ0v) is 13.0. The van der Waals surface area contributed by atoms with Crippen molar-refractivity contribution in [3.8, 4) is 11.3 Å². The van der Waals surface area contributed by atoms with Crippen LogP contribution >= 0.6 is 0 Å². The van der Waals surface area contributed by atoms with Crippen molar-refractivity contribution in [1.29, 1.82) is 0 Å². The maximum absolute atomic E-state index is 14.1. The van der Waals surface area contributed by atoms with Crippen LogP contribution in [-0.4, -0.2) is 14.6 Å². The van der Waals surface area contributed by atoms with Gasteiger partial charge in [0, 0.05) is 28.8 Å². The summed E-state index contributed by atoms with van der Waals surface area (Å²) in [4.78, 5) is 4.45. The zero-order chi connectivity index (χ0) is 16.1. The van der Waals surface area contributed by atoms with E-state index in [0.29, 0.717) is 16.9 Å². The molecule has 0 saturated heterocycles. The van der Waals surface area contributed by atoms with E-state index in [1.807, 2.05) is 13.0 Å². The second-order valence-electron chi connectivity index (χ2n) is 6.46. The number of nitrogens with zero attached hydrogens (tertiary/aromatic N) is 3. The van der Waals surface area contributed by atoms with Crippen LogP contribution in [0.2, 0.25) is 0 Å². The third-order valence-electron chi connectivity index (χ3n) is 3.53. The monoisotopic (exact) mass is 301 g/mol. The van der Waals surface area contributed by atoms with Crippen LogP contribution in [-0.2, 0) is 5.41 Å². The fourth-order valence-electron chi connectivity index (χ4n) is 2.36. The van der Waals surface area contributed by atoms with Crippen molar-refractivity contribution in [3.05, 3.63) is 53.4 Å². The maximum atomic E-state index is 14.1. The SMILES string of the molecule is Cc1cc(-c2ccc(F)cc2F)n2nc(C(C)(C)C)cc2n1. The Bertz CT molecular complexity index is 860. The molecule has 0 fully saturated rings. The molecule has 1 aromatic carbocycles. The van der Waals surface area contributed by atoms with Crippen LogP contribution in [0, 0.1) is 18.6 Å². The Morgan fingerprint density at radius 2 is 1.77 bits per heavy atom. The van der Waals surface area contributed by atoms with Gasteiger partial charge in [-0.2, -0.15) is 5.10 Å². The number of hydrogen-bond donors (Lipinski definition) is 0.